The zero-order valence-electron chi connectivity index (χ0n) is 8.75. The SMILES string of the molecule is N#CCOc1ccccc1/C=C(\C#N)C(=O)O. The van der Waals surface area contributed by atoms with Gasteiger partial charge in [-0.05, 0) is 12.1 Å². The molecular formula is C12H8N2O3. The lowest BCUT2D eigenvalue weighted by Gasteiger charge is -2.05. The maximum atomic E-state index is 10.7. The van der Waals surface area contributed by atoms with Gasteiger partial charge in [-0.25, -0.2) is 4.79 Å². The quantitative estimate of drug-likeness (QED) is 0.623. The molecule has 0 aliphatic heterocycles. The maximum absolute atomic E-state index is 10.7. The zero-order chi connectivity index (χ0) is 12.7. The van der Waals surface area contributed by atoms with E-state index in [0.29, 0.717) is 11.3 Å². The highest BCUT2D eigenvalue weighted by molar-refractivity contribution is 5.96. The molecule has 0 bridgehead atoms. The minimum Gasteiger partial charge on any atom is -0.478 e. The molecule has 0 saturated carbocycles. The zero-order valence-corrected chi connectivity index (χ0v) is 8.75. The van der Waals surface area contributed by atoms with Crippen molar-refractivity contribution in [1.82, 2.24) is 0 Å². The number of carboxylic acid groups (broad SMARTS) is 1. The van der Waals surface area contributed by atoms with Crippen molar-refractivity contribution in [3.63, 3.8) is 0 Å². The first kappa shape index (κ1) is 12.3. The van der Waals surface area contributed by atoms with E-state index in [2.05, 4.69) is 0 Å². The number of ether oxygens (including phenoxy) is 1. The maximum Gasteiger partial charge on any atom is 0.346 e. The summed E-state index contributed by atoms with van der Waals surface area (Å²) in [6.45, 7) is -0.139. The van der Waals surface area contributed by atoms with Crippen molar-refractivity contribution in [2.24, 2.45) is 0 Å². The van der Waals surface area contributed by atoms with E-state index >= 15 is 0 Å². The summed E-state index contributed by atoms with van der Waals surface area (Å²) >= 11 is 0. The lowest BCUT2D eigenvalue weighted by Crippen LogP contribution is -1.99. The Morgan fingerprint density at radius 3 is 2.71 bits per heavy atom. The lowest BCUT2D eigenvalue weighted by atomic mass is 10.1. The Morgan fingerprint density at radius 2 is 2.12 bits per heavy atom. The molecule has 0 unspecified atom stereocenters. The van der Waals surface area contributed by atoms with Gasteiger partial charge in [0.05, 0.1) is 0 Å². The molecule has 0 aliphatic rings. The predicted molar refractivity (Wildman–Crippen MR) is 58.8 cm³/mol. The van der Waals surface area contributed by atoms with E-state index in [1.54, 1.807) is 30.3 Å². The van der Waals surface area contributed by atoms with Gasteiger partial charge in [-0.1, -0.05) is 18.2 Å². The second-order valence-corrected chi connectivity index (χ2v) is 2.96. The minimum absolute atomic E-state index is 0.139. The first-order chi connectivity index (χ1) is 8.19. The van der Waals surface area contributed by atoms with Crippen LogP contribution in [0.2, 0.25) is 0 Å². The number of rotatable bonds is 4. The van der Waals surface area contributed by atoms with Crippen LogP contribution < -0.4 is 4.74 Å². The van der Waals surface area contributed by atoms with Gasteiger partial charge in [0.1, 0.15) is 23.5 Å². The molecule has 0 amide bonds. The molecular weight excluding hydrogens is 220 g/mol. The third-order valence-electron chi connectivity index (χ3n) is 1.86. The molecule has 1 aromatic carbocycles. The summed E-state index contributed by atoms with van der Waals surface area (Å²) in [7, 11) is 0. The minimum atomic E-state index is -1.30. The van der Waals surface area contributed by atoms with Gasteiger partial charge in [-0.15, -0.1) is 0 Å². The van der Waals surface area contributed by atoms with E-state index in [1.807, 2.05) is 6.07 Å². The van der Waals surface area contributed by atoms with Gasteiger partial charge < -0.3 is 9.84 Å². The Balaban J connectivity index is 3.10. The first-order valence-corrected chi connectivity index (χ1v) is 4.63. The molecule has 1 aromatic rings. The molecule has 17 heavy (non-hydrogen) atoms. The molecule has 0 aromatic heterocycles. The van der Waals surface area contributed by atoms with E-state index in [1.165, 1.54) is 6.08 Å². The van der Waals surface area contributed by atoms with Crippen LogP contribution in [0.25, 0.3) is 6.08 Å². The fraction of sp³-hybridized carbons (Fsp3) is 0.0833. The summed E-state index contributed by atoms with van der Waals surface area (Å²) in [5.41, 5.74) is 0.0553. The summed E-state index contributed by atoms with van der Waals surface area (Å²) in [6.07, 6.45) is 1.20. The van der Waals surface area contributed by atoms with E-state index in [0.717, 1.165) is 0 Å². The molecule has 1 rings (SSSR count). The summed E-state index contributed by atoms with van der Waals surface area (Å²) in [5.74, 6) is -0.939. The second kappa shape index (κ2) is 5.94. The number of para-hydroxylation sites is 1. The van der Waals surface area contributed by atoms with Crippen LogP contribution in [0.5, 0.6) is 5.75 Å². The highest BCUT2D eigenvalue weighted by Gasteiger charge is 2.08. The van der Waals surface area contributed by atoms with E-state index in [4.69, 9.17) is 20.4 Å². The summed E-state index contributed by atoms with van der Waals surface area (Å²) < 4.78 is 5.10. The molecule has 0 spiro atoms. The Bertz CT molecular complexity index is 535. The van der Waals surface area contributed by atoms with E-state index in [-0.39, 0.29) is 6.61 Å². The van der Waals surface area contributed by atoms with Gasteiger partial charge in [0.15, 0.2) is 6.61 Å². The number of nitrogens with zero attached hydrogens (tertiary/aromatic N) is 2. The summed E-state index contributed by atoms with van der Waals surface area (Å²) in [5, 5.41) is 25.7. The fourth-order valence-electron chi connectivity index (χ4n) is 1.14. The van der Waals surface area contributed by atoms with Crippen molar-refractivity contribution in [3.05, 3.63) is 35.4 Å². The standard InChI is InChI=1S/C12H8N2O3/c13-5-6-17-11-4-2-1-3-9(11)7-10(8-14)12(15)16/h1-4,7H,6H2,(H,15,16)/b10-7+. The van der Waals surface area contributed by atoms with Crippen molar-refractivity contribution in [2.75, 3.05) is 6.61 Å². The van der Waals surface area contributed by atoms with E-state index in [9.17, 15) is 4.79 Å². The van der Waals surface area contributed by atoms with Crippen LogP contribution in [0.15, 0.2) is 29.8 Å². The topological polar surface area (TPSA) is 94.1 Å². The van der Waals surface area contributed by atoms with Crippen molar-refractivity contribution in [3.8, 4) is 17.9 Å². The van der Waals surface area contributed by atoms with Crippen LogP contribution in [-0.4, -0.2) is 17.7 Å². The van der Waals surface area contributed by atoms with E-state index < -0.39 is 11.5 Å². The van der Waals surface area contributed by atoms with Crippen LogP contribution in [0.1, 0.15) is 5.56 Å². The average Bonchev–Trinajstić information content (AvgIpc) is 2.34. The number of benzene rings is 1. The second-order valence-electron chi connectivity index (χ2n) is 2.96. The van der Waals surface area contributed by atoms with Crippen LogP contribution >= 0.6 is 0 Å². The highest BCUT2D eigenvalue weighted by atomic mass is 16.5. The highest BCUT2D eigenvalue weighted by Crippen LogP contribution is 2.20. The molecule has 0 heterocycles. The van der Waals surface area contributed by atoms with Gasteiger partial charge >= 0.3 is 5.97 Å². The molecule has 0 atom stereocenters. The third kappa shape index (κ3) is 3.37. The van der Waals surface area contributed by atoms with Gasteiger partial charge in [0.2, 0.25) is 0 Å². The molecule has 0 aliphatic carbocycles. The number of hydrogen-bond acceptors (Lipinski definition) is 4. The van der Waals surface area contributed by atoms with Crippen molar-refractivity contribution >= 4 is 12.0 Å². The third-order valence-corrected chi connectivity index (χ3v) is 1.86. The molecule has 84 valence electrons. The van der Waals surface area contributed by atoms with Gasteiger partial charge in [0.25, 0.3) is 0 Å². The van der Waals surface area contributed by atoms with Crippen molar-refractivity contribution in [1.29, 1.82) is 10.5 Å². The van der Waals surface area contributed by atoms with Crippen LogP contribution in [0.3, 0.4) is 0 Å². The molecule has 5 heteroatoms. The smallest absolute Gasteiger partial charge is 0.346 e. The number of carboxylic acids is 1. The van der Waals surface area contributed by atoms with Crippen molar-refractivity contribution in [2.45, 2.75) is 0 Å². The normalized spacial score (nSPS) is 10.1. The van der Waals surface area contributed by atoms with Crippen LogP contribution in [-0.2, 0) is 4.79 Å². The van der Waals surface area contributed by atoms with Gasteiger partial charge in [0, 0.05) is 5.56 Å². The molecule has 0 saturated heterocycles. The molecule has 5 nitrogen and oxygen atoms in total. The Morgan fingerprint density at radius 1 is 1.41 bits per heavy atom. The molecule has 1 N–H and O–H groups in total. The Hall–Kier alpha value is -2.79. The lowest BCUT2D eigenvalue weighted by molar-refractivity contribution is -0.132. The number of carbonyl (C=O) groups is 1. The number of aliphatic carboxylic acids is 1. The van der Waals surface area contributed by atoms with Crippen LogP contribution in [0, 0.1) is 22.7 Å². The van der Waals surface area contributed by atoms with Crippen molar-refractivity contribution < 1.29 is 14.6 Å². The Kier molecular flexibility index (Phi) is 4.29. The first-order valence-electron chi connectivity index (χ1n) is 4.63. The predicted octanol–water partition coefficient (Wildman–Crippen LogP) is 1.58. The van der Waals surface area contributed by atoms with Crippen LogP contribution in [0.4, 0.5) is 0 Å². The average molecular weight is 228 g/mol. The Labute approximate surface area is 97.8 Å². The number of hydrogen-bond donors (Lipinski definition) is 1. The van der Waals surface area contributed by atoms with Gasteiger partial charge in [-0.3, -0.25) is 0 Å². The van der Waals surface area contributed by atoms with Gasteiger partial charge in [-0.2, -0.15) is 10.5 Å². The number of nitriles is 2. The summed E-state index contributed by atoms with van der Waals surface area (Å²) in [6, 6.07) is 9.96. The fourth-order valence-corrected chi connectivity index (χ4v) is 1.14. The largest absolute Gasteiger partial charge is 0.478 e. The monoisotopic (exact) mass is 228 g/mol. The summed E-state index contributed by atoms with van der Waals surface area (Å²) in [4.78, 5) is 10.7. The molecule has 0 fully saturated rings. The molecule has 0 radical (unpaired) electrons.